The molecular weight excluding hydrogens is 415 g/mol. The smallest absolute Gasteiger partial charge is 0.320 e. The van der Waals surface area contributed by atoms with Crippen molar-refractivity contribution in [3.05, 3.63) is 53.0 Å². The van der Waals surface area contributed by atoms with Gasteiger partial charge >= 0.3 is 12.0 Å². The van der Waals surface area contributed by atoms with Crippen LogP contribution in [0.15, 0.2) is 30.3 Å². The molecule has 1 aromatic carbocycles. The van der Waals surface area contributed by atoms with Gasteiger partial charge in [-0.15, -0.1) is 0 Å². The lowest BCUT2D eigenvalue weighted by molar-refractivity contribution is -0.138. The van der Waals surface area contributed by atoms with Crippen molar-refractivity contribution in [2.45, 2.75) is 38.1 Å². The number of aromatic hydroxyl groups is 1. The van der Waals surface area contributed by atoms with Crippen LogP contribution in [0.5, 0.6) is 5.75 Å². The molecule has 0 saturated carbocycles. The molecule has 3 N–H and O–H groups in total. The molecule has 0 bridgehead atoms. The Morgan fingerprint density at radius 1 is 1.25 bits per heavy atom. The number of amides is 2. The first kappa shape index (κ1) is 21.9. The number of halogens is 1. The lowest BCUT2D eigenvalue weighted by atomic mass is 10.0. The van der Waals surface area contributed by atoms with Gasteiger partial charge in [-0.3, -0.25) is 4.79 Å². The standard InChI is InChI=1S/C23H27FN4O4/c24-18-13-16(6-8-20(18)29)19(14-21(30)31)28-12-11-27(23(28)32)10-2-4-17-7-5-15-3-1-9-25-22(15)26-17/h5-8,13,19,29H,1-4,9-12,14H2,(H,25,26)(H,30,31)/t19-/m0/s1. The van der Waals surface area contributed by atoms with E-state index in [1.54, 1.807) is 4.90 Å². The molecule has 3 heterocycles. The summed E-state index contributed by atoms with van der Waals surface area (Å²) in [6, 6.07) is 6.81. The minimum absolute atomic E-state index is 0.259. The summed E-state index contributed by atoms with van der Waals surface area (Å²) in [5.74, 6) is -1.48. The number of fused-ring (bicyclic) bond motifs is 1. The van der Waals surface area contributed by atoms with E-state index < -0.39 is 23.6 Å². The number of nitrogens with zero attached hydrogens (tertiary/aromatic N) is 3. The van der Waals surface area contributed by atoms with E-state index >= 15 is 0 Å². The number of carbonyl (C=O) groups is 2. The van der Waals surface area contributed by atoms with E-state index in [1.165, 1.54) is 22.6 Å². The minimum atomic E-state index is -1.08. The highest BCUT2D eigenvalue weighted by Gasteiger charge is 2.35. The van der Waals surface area contributed by atoms with E-state index in [4.69, 9.17) is 0 Å². The fourth-order valence-corrected chi connectivity index (χ4v) is 4.36. The zero-order valence-corrected chi connectivity index (χ0v) is 17.8. The Bertz CT molecular complexity index is 1020. The number of benzene rings is 1. The van der Waals surface area contributed by atoms with Crippen molar-refractivity contribution >= 4 is 17.8 Å². The fourth-order valence-electron chi connectivity index (χ4n) is 4.36. The maximum atomic E-state index is 13.8. The first-order valence-electron chi connectivity index (χ1n) is 10.9. The highest BCUT2D eigenvalue weighted by molar-refractivity contribution is 5.78. The van der Waals surface area contributed by atoms with Gasteiger partial charge in [0.05, 0.1) is 12.5 Å². The molecule has 2 aromatic rings. The van der Waals surface area contributed by atoms with Crippen molar-refractivity contribution in [3.63, 3.8) is 0 Å². The number of hydrogen-bond donors (Lipinski definition) is 3. The monoisotopic (exact) mass is 442 g/mol. The second kappa shape index (κ2) is 9.42. The first-order valence-corrected chi connectivity index (χ1v) is 10.9. The third kappa shape index (κ3) is 4.76. The van der Waals surface area contributed by atoms with Crippen LogP contribution in [0.4, 0.5) is 15.0 Å². The van der Waals surface area contributed by atoms with E-state index in [0.29, 0.717) is 25.2 Å². The third-order valence-corrected chi connectivity index (χ3v) is 6.04. The van der Waals surface area contributed by atoms with E-state index in [9.17, 15) is 24.2 Å². The number of nitrogens with one attached hydrogen (secondary N) is 1. The van der Waals surface area contributed by atoms with E-state index in [1.807, 2.05) is 6.07 Å². The molecule has 2 amide bonds. The van der Waals surface area contributed by atoms with Crippen molar-refractivity contribution in [2.24, 2.45) is 0 Å². The summed E-state index contributed by atoms with van der Waals surface area (Å²) in [6.07, 6.45) is 3.29. The summed E-state index contributed by atoms with van der Waals surface area (Å²) in [7, 11) is 0. The van der Waals surface area contributed by atoms with Gasteiger partial charge in [0.1, 0.15) is 5.82 Å². The number of pyridine rings is 1. The van der Waals surface area contributed by atoms with Gasteiger partial charge in [0, 0.05) is 31.9 Å². The van der Waals surface area contributed by atoms with Crippen molar-refractivity contribution in [3.8, 4) is 5.75 Å². The molecule has 170 valence electrons. The average Bonchev–Trinajstić information content (AvgIpc) is 3.14. The van der Waals surface area contributed by atoms with Crippen molar-refractivity contribution in [1.29, 1.82) is 0 Å². The van der Waals surface area contributed by atoms with Gasteiger partial charge in [-0.1, -0.05) is 12.1 Å². The Balaban J connectivity index is 1.38. The number of aromatic nitrogens is 1. The van der Waals surface area contributed by atoms with Crippen LogP contribution in [0.1, 0.15) is 42.1 Å². The highest BCUT2D eigenvalue weighted by Crippen LogP contribution is 2.31. The Kier molecular flexibility index (Phi) is 6.43. The number of carbonyl (C=O) groups excluding carboxylic acids is 1. The molecule has 1 saturated heterocycles. The number of anilines is 1. The highest BCUT2D eigenvalue weighted by atomic mass is 19.1. The Morgan fingerprint density at radius 2 is 2.09 bits per heavy atom. The van der Waals surface area contributed by atoms with Crippen LogP contribution in [0, 0.1) is 5.82 Å². The maximum Gasteiger partial charge on any atom is 0.320 e. The summed E-state index contributed by atoms with van der Waals surface area (Å²) in [5, 5.41) is 22.1. The SMILES string of the molecule is O=C(O)C[C@@H](c1ccc(O)c(F)c1)N1CCN(CCCc2ccc3c(n2)NCCC3)C1=O. The lowest BCUT2D eigenvalue weighted by Crippen LogP contribution is -2.36. The van der Waals surface area contributed by atoms with Gasteiger partial charge in [-0.2, -0.15) is 0 Å². The largest absolute Gasteiger partial charge is 0.505 e. The first-order chi connectivity index (χ1) is 15.4. The summed E-state index contributed by atoms with van der Waals surface area (Å²) in [5.41, 5.74) is 2.56. The predicted molar refractivity (Wildman–Crippen MR) is 116 cm³/mol. The molecule has 1 fully saturated rings. The summed E-state index contributed by atoms with van der Waals surface area (Å²) < 4.78 is 13.8. The van der Waals surface area contributed by atoms with Crippen LogP contribution < -0.4 is 5.32 Å². The molecule has 2 aliphatic heterocycles. The number of carboxylic acid groups (broad SMARTS) is 1. The summed E-state index contributed by atoms with van der Waals surface area (Å²) in [4.78, 5) is 32.2. The topological polar surface area (TPSA) is 106 Å². The fraction of sp³-hybridized carbons (Fsp3) is 0.435. The lowest BCUT2D eigenvalue weighted by Gasteiger charge is -2.27. The molecule has 32 heavy (non-hydrogen) atoms. The van der Waals surface area contributed by atoms with E-state index in [-0.39, 0.29) is 12.5 Å². The number of aliphatic carboxylic acids is 1. The molecule has 0 radical (unpaired) electrons. The van der Waals surface area contributed by atoms with Crippen LogP contribution in [0.2, 0.25) is 0 Å². The van der Waals surface area contributed by atoms with Gasteiger partial charge in [0.25, 0.3) is 0 Å². The molecule has 1 aromatic heterocycles. The third-order valence-electron chi connectivity index (χ3n) is 6.04. The number of aryl methyl sites for hydroxylation is 2. The Hall–Kier alpha value is -3.36. The molecule has 9 heteroatoms. The van der Waals surface area contributed by atoms with Crippen LogP contribution in [-0.2, 0) is 17.6 Å². The molecule has 0 unspecified atom stereocenters. The van der Waals surface area contributed by atoms with Crippen LogP contribution in [0.3, 0.4) is 0 Å². The average molecular weight is 442 g/mol. The van der Waals surface area contributed by atoms with Crippen LogP contribution >= 0.6 is 0 Å². The minimum Gasteiger partial charge on any atom is -0.505 e. The van der Waals surface area contributed by atoms with E-state index in [0.717, 1.165) is 49.8 Å². The van der Waals surface area contributed by atoms with Gasteiger partial charge in [0.2, 0.25) is 0 Å². The number of phenolic OH excluding ortho intramolecular Hbond substituents is 1. The molecule has 0 spiro atoms. The molecule has 8 nitrogen and oxygen atoms in total. The van der Waals surface area contributed by atoms with E-state index in [2.05, 4.69) is 16.4 Å². The van der Waals surface area contributed by atoms with Crippen LogP contribution in [0.25, 0.3) is 0 Å². The molecule has 1 atom stereocenters. The predicted octanol–water partition coefficient (Wildman–Crippen LogP) is 3.17. The summed E-state index contributed by atoms with van der Waals surface area (Å²) >= 11 is 0. The normalized spacial score (nSPS) is 16.6. The Labute approximate surface area is 185 Å². The van der Waals surface area contributed by atoms with Crippen LogP contribution in [-0.4, -0.2) is 63.2 Å². The molecular formula is C23H27FN4O4. The molecule has 0 aliphatic carbocycles. The molecule has 2 aliphatic rings. The number of carboxylic acids is 1. The second-order valence-corrected chi connectivity index (χ2v) is 8.23. The van der Waals surface area contributed by atoms with Gasteiger partial charge in [-0.05, 0) is 55.0 Å². The zero-order valence-electron chi connectivity index (χ0n) is 17.8. The second-order valence-electron chi connectivity index (χ2n) is 8.23. The van der Waals surface area contributed by atoms with Crippen molar-refractivity contribution < 1.29 is 24.2 Å². The zero-order chi connectivity index (χ0) is 22.7. The number of phenols is 1. The van der Waals surface area contributed by atoms with Crippen molar-refractivity contribution in [1.82, 2.24) is 14.8 Å². The molecule has 4 rings (SSSR count). The van der Waals surface area contributed by atoms with Crippen molar-refractivity contribution in [2.75, 3.05) is 31.5 Å². The van der Waals surface area contributed by atoms with Gasteiger partial charge in [-0.25, -0.2) is 14.2 Å². The Morgan fingerprint density at radius 3 is 2.88 bits per heavy atom. The van der Waals surface area contributed by atoms with Gasteiger partial charge < -0.3 is 25.3 Å². The maximum absolute atomic E-state index is 13.8. The quantitative estimate of drug-likeness (QED) is 0.580. The number of hydrogen-bond acceptors (Lipinski definition) is 5. The summed E-state index contributed by atoms with van der Waals surface area (Å²) in [6.45, 7) is 2.31. The number of rotatable bonds is 8. The number of urea groups is 1. The van der Waals surface area contributed by atoms with Gasteiger partial charge in [0.15, 0.2) is 11.6 Å².